The van der Waals surface area contributed by atoms with Gasteiger partial charge in [-0.15, -0.1) is 0 Å². The number of hydrogen-bond donors (Lipinski definition) is 2. The van der Waals surface area contributed by atoms with Crippen LogP contribution in [0.2, 0.25) is 0 Å². The Hall–Kier alpha value is -0.250. The molecule has 0 spiro atoms. The lowest BCUT2D eigenvalue weighted by Gasteiger charge is -2.40. The van der Waals surface area contributed by atoms with E-state index in [4.69, 9.17) is 4.74 Å². The molecule has 2 rings (SSSR count). The van der Waals surface area contributed by atoms with Gasteiger partial charge in [-0.3, -0.25) is 4.90 Å². The number of piperidine rings is 1. The summed E-state index contributed by atoms with van der Waals surface area (Å²) in [4.78, 5) is 2.04. The maximum absolute atomic E-state index is 12.1. The molecule has 3 atom stereocenters. The van der Waals surface area contributed by atoms with Gasteiger partial charge in [0, 0.05) is 19.6 Å². The predicted molar refractivity (Wildman–Crippen MR) is 87.6 cm³/mol. The second-order valence-electron chi connectivity index (χ2n) is 6.76. The van der Waals surface area contributed by atoms with Gasteiger partial charge in [-0.1, -0.05) is 6.92 Å². The third-order valence-corrected chi connectivity index (χ3v) is 6.98. The highest BCUT2D eigenvalue weighted by molar-refractivity contribution is 7.89. The largest absolute Gasteiger partial charge is 0.389 e. The van der Waals surface area contributed by atoms with E-state index in [1.54, 1.807) is 4.31 Å². The molecule has 2 aliphatic rings. The SMILES string of the molecule is CCCS(=O)(=O)N1CCC(CN(C)[C@@H]2COC[C@@H](O)[C@H]2O)CC1. The van der Waals surface area contributed by atoms with Crippen molar-refractivity contribution in [3.05, 3.63) is 0 Å². The van der Waals surface area contributed by atoms with Crippen LogP contribution in [0.15, 0.2) is 0 Å². The van der Waals surface area contributed by atoms with Crippen LogP contribution in [0, 0.1) is 5.92 Å². The summed E-state index contributed by atoms with van der Waals surface area (Å²) in [7, 11) is -1.17. The van der Waals surface area contributed by atoms with E-state index < -0.39 is 22.2 Å². The Balaban J connectivity index is 1.82. The zero-order valence-corrected chi connectivity index (χ0v) is 14.9. The van der Waals surface area contributed by atoms with E-state index >= 15 is 0 Å². The highest BCUT2D eigenvalue weighted by Crippen LogP contribution is 2.23. The van der Waals surface area contributed by atoms with Crippen molar-refractivity contribution in [2.45, 2.75) is 44.4 Å². The molecule has 0 amide bonds. The Morgan fingerprint density at radius 3 is 2.48 bits per heavy atom. The maximum atomic E-state index is 12.1. The summed E-state index contributed by atoms with van der Waals surface area (Å²) in [6.07, 6.45) is 0.683. The number of aliphatic hydroxyl groups excluding tert-OH is 2. The van der Waals surface area contributed by atoms with Gasteiger partial charge < -0.3 is 14.9 Å². The quantitative estimate of drug-likeness (QED) is 0.671. The first-order valence-corrected chi connectivity index (χ1v) is 10.1. The Bertz CT molecular complexity index is 464. The molecule has 0 saturated carbocycles. The normalized spacial score (nSPS) is 31.6. The minimum atomic E-state index is -3.10. The molecule has 2 fully saturated rings. The molecule has 0 aromatic heterocycles. The van der Waals surface area contributed by atoms with Gasteiger partial charge in [0.25, 0.3) is 0 Å². The summed E-state index contributed by atoms with van der Waals surface area (Å²) in [5.41, 5.74) is 0. The summed E-state index contributed by atoms with van der Waals surface area (Å²) in [5, 5.41) is 19.8. The van der Waals surface area contributed by atoms with Crippen molar-refractivity contribution < 1.29 is 23.4 Å². The Morgan fingerprint density at radius 1 is 1.22 bits per heavy atom. The molecule has 0 aliphatic carbocycles. The molecule has 0 unspecified atom stereocenters. The van der Waals surface area contributed by atoms with Crippen molar-refractivity contribution in [2.24, 2.45) is 5.92 Å². The number of ether oxygens (including phenoxy) is 1. The minimum Gasteiger partial charge on any atom is -0.389 e. The standard InChI is InChI=1S/C15H30N2O5S/c1-3-8-23(20,21)17-6-4-12(5-7-17)9-16(2)13-10-22-11-14(18)15(13)19/h12-15,18-19H,3-11H2,1-2H3/t13-,14-,15+/m1/s1. The van der Waals surface area contributed by atoms with Crippen LogP contribution in [-0.2, 0) is 14.8 Å². The van der Waals surface area contributed by atoms with E-state index in [0.29, 0.717) is 32.0 Å². The second kappa shape index (κ2) is 8.22. The van der Waals surface area contributed by atoms with E-state index in [2.05, 4.69) is 0 Å². The molecule has 2 saturated heterocycles. The van der Waals surface area contributed by atoms with Gasteiger partial charge in [-0.25, -0.2) is 12.7 Å². The minimum absolute atomic E-state index is 0.180. The molecule has 0 radical (unpaired) electrons. The van der Waals surface area contributed by atoms with Gasteiger partial charge >= 0.3 is 0 Å². The number of rotatable bonds is 6. The number of likely N-dealkylation sites (N-methyl/N-ethyl adjacent to an activating group) is 1. The average Bonchev–Trinajstić information content (AvgIpc) is 2.50. The fourth-order valence-electron chi connectivity index (χ4n) is 3.45. The van der Waals surface area contributed by atoms with Gasteiger partial charge in [0.15, 0.2) is 0 Å². The number of aliphatic hydroxyl groups is 2. The Labute approximate surface area is 139 Å². The summed E-state index contributed by atoms with van der Waals surface area (Å²) in [5.74, 6) is 0.625. The van der Waals surface area contributed by atoms with Crippen molar-refractivity contribution in [3.8, 4) is 0 Å². The molecule has 2 heterocycles. The molecule has 0 aromatic rings. The van der Waals surface area contributed by atoms with Crippen LogP contribution in [-0.4, -0.2) is 91.7 Å². The second-order valence-corrected chi connectivity index (χ2v) is 8.85. The van der Waals surface area contributed by atoms with Crippen LogP contribution >= 0.6 is 0 Å². The zero-order chi connectivity index (χ0) is 17.0. The third-order valence-electron chi connectivity index (χ3n) is 4.91. The van der Waals surface area contributed by atoms with Gasteiger partial charge in [0.2, 0.25) is 10.0 Å². The lowest BCUT2D eigenvalue weighted by atomic mass is 9.95. The topological polar surface area (TPSA) is 90.3 Å². The third kappa shape index (κ3) is 4.87. The van der Waals surface area contributed by atoms with E-state index in [0.717, 1.165) is 19.4 Å². The summed E-state index contributed by atoms with van der Waals surface area (Å²) in [6, 6.07) is -0.208. The zero-order valence-electron chi connectivity index (χ0n) is 14.1. The predicted octanol–water partition coefficient (Wildman–Crippen LogP) is -0.509. The summed E-state index contributed by atoms with van der Waals surface area (Å²) in [6.45, 7) is 4.41. The van der Waals surface area contributed by atoms with Crippen LogP contribution in [0.25, 0.3) is 0 Å². The lowest BCUT2D eigenvalue weighted by Crippen LogP contribution is -2.56. The van der Waals surface area contributed by atoms with Crippen molar-refractivity contribution in [1.29, 1.82) is 0 Å². The number of nitrogens with zero attached hydrogens (tertiary/aromatic N) is 2. The van der Waals surface area contributed by atoms with Gasteiger partial charge in [-0.2, -0.15) is 0 Å². The van der Waals surface area contributed by atoms with Crippen molar-refractivity contribution in [1.82, 2.24) is 9.21 Å². The first-order valence-electron chi connectivity index (χ1n) is 8.47. The highest BCUT2D eigenvalue weighted by Gasteiger charge is 2.35. The number of hydrogen-bond acceptors (Lipinski definition) is 6. The van der Waals surface area contributed by atoms with Crippen molar-refractivity contribution in [3.63, 3.8) is 0 Å². The van der Waals surface area contributed by atoms with E-state index in [1.807, 2.05) is 18.9 Å². The monoisotopic (exact) mass is 350 g/mol. The van der Waals surface area contributed by atoms with Crippen LogP contribution in [0.4, 0.5) is 0 Å². The van der Waals surface area contributed by atoms with Crippen molar-refractivity contribution >= 4 is 10.0 Å². The molecule has 2 aliphatic heterocycles. The maximum Gasteiger partial charge on any atom is 0.214 e. The first kappa shape index (κ1) is 19.1. The highest BCUT2D eigenvalue weighted by atomic mass is 32.2. The van der Waals surface area contributed by atoms with Gasteiger partial charge in [0.05, 0.1) is 31.1 Å². The fraction of sp³-hybridized carbons (Fsp3) is 1.00. The molecule has 0 bridgehead atoms. The smallest absolute Gasteiger partial charge is 0.214 e. The molecular formula is C15H30N2O5S. The molecule has 7 nitrogen and oxygen atoms in total. The Morgan fingerprint density at radius 2 is 1.87 bits per heavy atom. The Kier molecular flexibility index (Phi) is 6.82. The molecule has 136 valence electrons. The van der Waals surface area contributed by atoms with Crippen LogP contribution in [0.1, 0.15) is 26.2 Å². The lowest BCUT2D eigenvalue weighted by molar-refractivity contribution is -0.130. The molecule has 8 heteroatoms. The van der Waals surface area contributed by atoms with E-state index in [-0.39, 0.29) is 18.4 Å². The number of sulfonamides is 1. The molecule has 2 N–H and O–H groups in total. The molecule has 23 heavy (non-hydrogen) atoms. The van der Waals surface area contributed by atoms with E-state index in [1.165, 1.54) is 0 Å². The van der Waals surface area contributed by atoms with Gasteiger partial charge in [-0.05, 0) is 32.2 Å². The fourth-order valence-corrected chi connectivity index (χ4v) is 4.99. The van der Waals surface area contributed by atoms with E-state index in [9.17, 15) is 18.6 Å². The first-order chi connectivity index (χ1) is 10.8. The van der Waals surface area contributed by atoms with Crippen LogP contribution in [0.5, 0.6) is 0 Å². The molecule has 0 aromatic carbocycles. The van der Waals surface area contributed by atoms with Crippen molar-refractivity contribution in [2.75, 3.05) is 45.6 Å². The summed E-state index contributed by atoms with van der Waals surface area (Å²) >= 11 is 0. The van der Waals surface area contributed by atoms with Gasteiger partial charge in [0.1, 0.15) is 6.10 Å². The van der Waals surface area contributed by atoms with Crippen LogP contribution in [0.3, 0.4) is 0 Å². The van der Waals surface area contributed by atoms with Crippen LogP contribution < -0.4 is 0 Å². The summed E-state index contributed by atoms with van der Waals surface area (Å²) < 4.78 is 31.1. The average molecular weight is 350 g/mol. The molecular weight excluding hydrogens is 320 g/mol.